The van der Waals surface area contributed by atoms with Gasteiger partial charge in [0.2, 0.25) is 5.91 Å². The number of carbonyl (C=O) groups is 1. The third kappa shape index (κ3) is 3.82. The van der Waals surface area contributed by atoms with Gasteiger partial charge >= 0.3 is 0 Å². The summed E-state index contributed by atoms with van der Waals surface area (Å²) in [6.07, 6.45) is 11.8. The van der Waals surface area contributed by atoms with E-state index in [4.69, 9.17) is 4.74 Å². The van der Waals surface area contributed by atoms with Crippen molar-refractivity contribution in [2.75, 3.05) is 12.4 Å². The van der Waals surface area contributed by atoms with E-state index < -0.39 is 0 Å². The number of anilines is 1. The Kier molecular flexibility index (Phi) is 5.03. The zero-order valence-corrected chi connectivity index (χ0v) is 14.8. The molecule has 5 heteroatoms. The minimum atomic E-state index is -0.146. The molecule has 3 rings (SSSR count). The van der Waals surface area contributed by atoms with Crippen LogP contribution in [0.2, 0.25) is 0 Å². The molecule has 0 saturated heterocycles. The van der Waals surface area contributed by atoms with E-state index in [0.717, 1.165) is 35.5 Å². The summed E-state index contributed by atoms with van der Waals surface area (Å²) < 4.78 is 7.39. The smallest absolute Gasteiger partial charge is 0.231 e. The highest BCUT2D eigenvalue weighted by Gasteiger charge is 2.18. The molecular formula is C20H23N3O2. The average molecular weight is 337 g/mol. The van der Waals surface area contributed by atoms with E-state index >= 15 is 0 Å². The first-order chi connectivity index (χ1) is 12.1. The number of methoxy groups -OCH3 is 1. The monoisotopic (exact) mass is 337 g/mol. The molecule has 1 atom stereocenters. The number of carbonyl (C=O) groups excluding carboxylic acids is 1. The maximum absolute atomic E-state index is 12.5. The number of nitrogens with zero attached hydrogens (tertiary/aromatic N) is 2. The molecule has 1 aromatic heterocycles. The van der Waals surface area contributed by atoms with Crippen LogP contribution in [0.1, 0.15) is 25.5 Å². The van der Waals surface area contributed by atoms with Crippen LogP contribution >= 0.6 is 0 Å². The van der Waals surface area contributed by atoms with Crippen molar-refractivity contribution < 1.29 is 9.53 Å². The van der Waals surface area contributed by atoms with Gasteiger partial charge in [0.15, 0.2) is 0 Å². The van der Waals surface area contributed by atoms with Crippen molar-refractivity contribution in [2.24, 2.45) is 5.92 Å². The predicted octanol–water partition coefficient (Wildman–Crippen LogP) is 4.04. The lowest BCUT2D eigenvalue weighted by molar-refractivity contribution is -0.118. The largest absolute Gasteiger partial charge is 0.494 e. The fourth-order valence-corrected chi connectivity index (χ4v) is 2.92. The molecule has 0 spiro atoms. The van der Waals surface area contributed by atoms with Crippen LogP contribution in [0.15, 0.2) is 54.5 Å². The second-order valence-corrected chi connectivity index (χ2v) is 6.23. The maximum Gasteiger partial charge on any atom is 0.231 e. The first-order valence-electron chi connectivity index (χ1n) is 8.44. The van der Waals surface area contributed by atoms with Crippen molar-refractivity contribution in [1.82, 2.24) is 9.55 Å². The summed E-state index contributed by atoms with van der Waals surface area (Å²) in [5.74, 6) is 0.532. The van der Waals surface area contributed by atoms with Gasteiger partial charge < -0.3 is 14.6 Å². The van der Waals surface area contributed by atoms with Gasteiger partial charge in [-0.2, -0.15) is 0 Å². The molecule has 1 aliphatic carbocycles. The van der Waals surface area contributed by atoms with Crippen LogP contribution in [0.25, 0.3) is 5.69 Å². The standard InChI is InChI=1S/C20H23N3O2/c1-14-12-23(13-21-14)18-10-9-17(11-19(18)25-3)22-20(24)15(2)16-7-5-4-6-8-16/h4-5,7,9-13,15H,6,8H2,1-3H3,(H,22,24). The van der Waals surface area contributed by atoms with Crippen LogP contribution < -0.4 is 10.1 Å². The molecule has 0 saturated carbocycles. The summed E-state index contributed by atoms with van der Waals surface area (Å²) in [7, 11) is 1.62. The number of imidazole rings is 1. The molecule has 0 aliphatic heterocycles. The lowest BCUT2D eigenvalue weighted by Gasteiger charge is -2.18. The van der Waals surface area contributed by atoms with Crippen LogP contribution in [0.4, 0.5) is 5.69 Å². The van der Waals surface area contributed by atoms with Gasteiger partial charge in [0.1, 0.15) is 5.75 Å². The van der Waals surface area contributed by atoms with Gasteiger partial charge in [0.05, 0.1) is 30.7 Å². The summed E-state index contributed by atoms with van der Waals surface area (Å²) in [4.78, 5) is 16.8. The number of ether oxygens (including phenoxy) is 1. The number of aryl methyl sites for hydroxylation is 1. The lowest BCUT2D eigenvalue weighted by atomic mass is 9.93. The number of hydrogen-bond acceptors (Lipinski definition) is 3. The van der Waals surface area contributed by atoms with E-state index in [2.05, 4.69) is 16.4 Å². The Balaban J connectivity index is 1.78. The van der Waals surface area contributed by atoms with Gasteiger partial charge in [-0.3, -0.25) is 4.79 Å². The zero-order chi connectivity index (χ0) is 17.8. The van der Waals surface area contributed by atoms with Crippen molar-refractivity contribution in [1.29, 1.82) is 0 Å². The summed E-state index contributed by atoms with van der Waals surface area (Å²) in [6, 6.07) is 5.64. The summed E-state index contributed by atoms with van der Waals surface area (Å²) in [5.41, 5.74) is 3.70. The van der Waals surface area contributed by atoms with E-state index in [-0.39, 0.29) is 11.8 Å². The van der Waals surface area contributed by atoms with E-state index in [0.29, 0.717) is 5.75 Å². The highest BCUT2D eigenvalue weighted by molar-refractivity contribution is 5.94. The third-order valence-electron chi connectivity index (χ3n) is 4.43. The van der Waals surface area contributed by atoms with Crippen molar-refractivity contribution in [2.45, 2.75) is 26.7 Å². The average Bonchev–Trinajstić information content (AvgIpc) is 3.07. The van der Waals surface area contributed by atoms with Gasteiger partial charge in [-0.25, -0.2) is 4.98 Å². The van der Waals surface area contributed by atoms with Gasteiger partial charge in [-0.05, 0) is 38.8 Å². The number of aromatic nitrogens is 2. The van der Waals surface area contributed by atoms with Crippen LogP contribution in [0.5, 0.6) is 5.75 Å². The van der Waals surface area contributed by atoms with E-state index in [1.165, 1.54) is 0 Å². The van der Waals surface area contributed by atoms with Gasteiger partial charge in [-0.15, -0.1) is 0 Å². The molecule has 25 heavy (non-hydrogen) atoms. The van der Waals surface area contributed by atoms with Gasteiger partial charge in [0.25, 0.3) is 0 Å². The molecule has 1 amide bonds. The fraction of sp³-hybridized carbons (Fsp3) is 0.300. The van der Waals surface area contributed by atoms with Gasteiger partial charge in [-0.1, -0.05) is 23.8 Å². The van der Waals surface area contributed by atoms with Crippen LogP contribution in [0.3, 0.4) is 0 Å². The zero-order valence-electron chi connectivity index (χ0n) is 14.8. The molecular weight excluding hydrogens is 314 g/mol. The quantitative estimate of drug-likeness (QED) is 0.896. The SMILES string of the molecule is COc1cc(NC(=O)C(C)C2=CC=CCC2)ccc1-n1cnc(C)c1. The predicted molar refractivity (Wildman–Crippen MR) is 99.1 cm³/mol. The van der Waals surface area contributed by atoms with Crippen molar-refractivity contribution in [3.8, 4) is 11.4 Å². The van der Waals surface area contributed by atoms with Crippen molar-refractivity contribution in [3.05, 3.63) is 60.2 Å². The molecule has 1 aliphatic rings. The molecule has 1 N–H and O–H groups in total. The molecule has 1 heterocycles. The van der Waals surface area contributed by atoms with E-state index in [1.807, 2.05) is 55.0 Å². The molecule has 2 aromatic rings. The minimum absolute atomic E-state index is 0.00479. The van der Waals surface area contributed by atoms with Crippen molar-refractivity contribution >= 4 is 11.6 Å². The van der Waals surface area contributed by atoms with Crippen molar-refractivity contribution in [3.63, 3.8) is 0 Å². The Bertz CT molecular complexity index is 833. The summed E-state index contributed by atoms with van der Waals surface area (Å²) in [5, 5.41) is 2.99. The first kappa shape index (κ1) is 17.0. The third-order valence-corrected chi connectivity index (χ3v) is 4.43. The van der Waals surface area contributed by atoms with E-state index in [1.54, 1.807) is 13.4 Å². The number of amides is 1. The molecule has 0 radical (unpaired) electrons. The minimum Gasteiger partial charge on any atom is -0.494 e. The van der Waals surface area contributed by atoms with E-state index in [9.17, 15) is 4.79 Å². The number of benzene rings is 1. The molecule has 130 valence electrons. The topological polar surface area (TPSA) is 56.1 Å². The number of nitrogens with one attached hydrogen (secondary N) is 1. The first-order valence-corrected chi connectivity index (χ1v) is 8.44. The second-order valence-electron chi connectivity index (χ2n) is 6.23. The second kappa shape index (κ2) is 7.38. The number of allylic oxidation sites excluding steroid dienone is 3. The van der Waals surface area contributed by atoms with Crippen LogP contribution in [0, 0.1) is 12.8 Å². The van der Waals surface area contributed by atoms with Crippen LogP contribution in [-0.4, -0.2) is 22.6 Å². The lowest BCUT2D eigenvalue weighted by Crippen LogP contribution is -2.22. The summed E-state index contributed by atoms with van der Waals surface area (Å²) >= 11 is 0. The molecule has 0 fully saturated rings. The normalized spacial score (nSPS) is 14.8. The Labute approximate surface area is 148 Å². The number of hydrogen-bond donors (Lipinski definition) is 1. The molecule has 5 nitrogen and oxygen atoms in total. The highest BCUT2D eigenvalue weighted by Crippen LogP contribution is 2.28. The van der Waals surface area contributed by atoms with Gasteiger partial charge in [0, 0.05) is 18.0 Å². The Morgan fingerprint density at radius 3 is 2.88 bits per heavy atom. The molecule has 1 aromatic carbocycles. The number of rotatable bonds is 5. The fourth-order valence-electron chi connectivity index (χ4n) is 2.92. The Hall–Kier alpha value is -2.82. The maximum atomic E-state index is 12.5. The molecule has 0 bridgehead atoms. The molecule has 1 unspecified atom stereocenters. The Morgan fingerprint density at radius 2 is 2.24 bits per heavy atom. The van der Waals surface area contributed by atoms with Crippen LogP contribution in [-0.2, 0) is 4.79 Å². The summed E-state index contributed by atoms with van der Waals surface area (Å²) in [6.45, 7) is 3.88. The Morgan fingerprint density at radius 1 is 1.40 bits per heavy atom. The highest BCUT2D eigenvalue weighted by atomic mass is 16.5.